The third-order valence-electron chi connectivity index (χ3n) is 3.99. The Morgan fingerprint density at radius 2 is 1.89 bits per heavy atom. The number of hydrogen-bond acceptors (Lipinski definition) is 5. The molecule has 1 aromatic heterocycles. The van der Waals surface area contributed by atoms with Crippen molar-refractivity contribution in [1.29, 1.82) is 0 Å². The summed E-state index contributed by atoms with van der Waals surface area (Å²) < 4.78 is 28.3. The number of primary sulfonamides is 1. The number of hydrogen-bond donors (Lipinski definition) is 2. The number of Topliss-reactive ketones (excluding diaryl/α,β-unsaturated/α-hetero) is 1. The first-order valence-electron chi connectivity index (χ1n) is 7.78. The number of nitrogens with one attached hydrogen (secondary N) is 1. The number of ketones is 1. The van der Waals surface area contributed by atoms with Crippen LogP contribution in [0.3, 0.4) is 0 Å². The number of esters is 1. The summed E-state index contributed by atoms with van der Waals surface area (Å²) in [6, 6.07) is 11.1. The molecule has 0 aliphatic carbocycles. The molecule has 9 heteroatoms. The first-order chi connectivity index (χ1) is 12.7. The summed E-state index contributed by atoms with van der Waals surface area (Å²) in [7, 11) is -3.97. The molecular weight excluding hydrogens is 436 g/mol. The summed E-state index contributed by atoms with van der Waals surface area (Å²) in [6.07, 6.45) is 0. The molecule has 0 radical (unpaired) electrons. The molecule has 0 bridgehead atoms. The number of aromatic nitrogens is 1. The molecule has 0 aliphatic rings. The number of halogens is 1. The standard InChI is InChI=1S/C18H15BrN2O5S/c1-10-17(12-4-2-3-5-15(12)21-10)16(22)9-26-18(23)13-8-11(27(20,24)25)6-7-14(13)19/h2-8,21H,9H2,1H3,(H2,20,24,25). The number of para-hydroxylation sites is 1. The van der Waals surface area contributed by atoms with E-state index >= 15 is 0 Å². The van der Waals surface area contributed by atoms with Crippen LogP contribution in [0.2, 0.25) is 0 Å². The van der Waals surface area contributed by atoms with Gasteiger partial charge in [-0.05, 0) is 47.1 Å². The highest BCUT2D eigenvalue weighted by Gasteiger charge is 2.20. The van der Waals surface area contributed by atoms with Gasteiger partial charge in [-0.2, -0.15) is 0 Å². The normalized spacial score (nSPS) is 11.5. The molecule has 140 valence electrons. The second-order valence-electron chi connectivity index (χ2n) is 5.86. The number of fused-ring (bicyclic) bond motifs is 1. The first-order valence-corrected chi connectivity index (χ1v) is 10.1. The van der Waals surface area contributed by atoms with E-state index in [1.54, 1.807) is 13.0 Å². The van der Waals surface area contributed by atoms with E-state index in [1.807, 2.05) is 18.2 Å². The van der Waals surface area contributed by atoms with Crippen LogP contribution in [0.4, 0.5) is 0 Å². The quantitative estimate of drug-likeness (QED) is 0.457. The minimum Gasteiger partial charge on any atom is -0.454 e. The number of ether oxygens (including phenoxy) is 1. The van der Waals surface area contributed by atoms with Gasteiger partial charge in [0.25, 0.3) is 0 Å². The van der Waals surface area contributed by atoms with E-state index in [1.165, 1.54) is 12.1 Å². The van der Waals surface area contributed by atoms with Crippen molar-refractivity contribution in [1.82, 2.24) is 4.98 Å². The number of aryl methyl sites for hydroxylation is 1. The van der Waals surface area contributed by atoms with Gasteiger partial charge in [-0.15, -0.1) is 0 Å². The molecule has 3 rings (SSSR count). The second kappa shape index (κ2) is 7.26. The van der Waals surface area contributed by atoms with Gasteiger partial charge in [-0.1, -0.05) is 18.2 Å². The lowest BCUT2D eigenvalue weighted by Crippen LogP contribution is -2.17. The average Bonchev–Trinajstić information content (AvgIpc) is 2.94. The Hall–Kier alpha value is -2.49. The van der Waals surface area contributed by atoms with Crippen molar-refractivity contribution < 1.29 is 22.7 Å². The van der Waals surface area contributed by atoms with Crippen molar-refractivity contribution in [3.8, 4) is 0 Å². The van der Waals surface area contributed by atoms with Gasteiger partial charge in [0.15, 0.2) is 6.61 Å². The van der Waals surface area contributed by atoms with Crippen molar-refractivity contribution in [2.24, 2.45) is 5.14 Å². The molecule has 7 nitrogen and oxygen atoms in total. The van der Waals surface area contributed by atoms with E-state index in [0.29, 0.717) is 15.7 Å². The van der Waals surface area contributed by atoms with E-state index in [9.17, 15) is 18.0 Å². The maximum absolute atomic E-state index is 12.6. The van der Waals surface area contributed by atoms with Gasteiger partial charge in [0, 0.05) is 26.6 Å². The molecular formula is C18H15BrN2O5S. The van der Waals surface area contributed by atoms with Crippen LogP contribution in [0.1, 0.15) is 26.4 Å². The Kier molecular flexibility index (Phi) is 5.18. The van der Waals surface area contributed by atoms with Gasteiger partial charge in [0.1, 0.15) is 0 Å². The summed E-state index contributed by atoms with van der Waals surface area (Å²) in [5, 5.41) is 5.82. The lowest BCUT2D eigenvalue weighted by Gasteiger charge is -2.08. The fourth-order valence-corrected chi connectivity index (χ4v) is 3.70. The zero-order valence-electron chi connectivity index (χ0n) is 14.2. The van der Waals surface area contributed by atoms with E-state index in [0.717, 1.165) is 17.0 Å². The number of sulfonamides is 1. The van der Waals surface area contributed by atoms with Crippen LogP contribution >= 0.6 is 15.9 Å². The van der Waals surface area contributed by atoms with Crippen molar-refractivity contribution in [3.63, 3.8) is 0 Å². The SMILES string of the molecule is Cc1[nH]c2ccccc2c1C(=O)COC(=O)c1cc(S(N)(=O)=O)ccc1Br. The average molecular weight is 451 g/mol. The van der Waals surface area contributed by atoms with Crippen LogP contribution in [0.15, 0.2) is 51.8 Å². The highest BCUT2D eigenvalue weighted by Crippen LogP contribution is 2.24. The number of benzene rings is 2. The minimum absolute atomic E-state index is 0.0371. The predicted octanol–water partition coefficient (Wildman–Crippen LogP) is 2.93. The number of aromatic amines is 1. The predicted molar refractivity (Wildman–Crippen MR) is 103 cm³/mol. The first kappa shape index (κ1) is 19.3. The topological polar surface area (TPSA) is 119 Å². The summed E-state index contributed by atoms with van der Waals surface area (Å²) >= 11 is 3.16. The maximum atomic E-state index is 12.6. The molecule has 1 heterocycles. The van der Waals surface area contributed by atoms with Crippen molar-refractivity contribution in [3.05, 3.63) is 63.8 Å². The third-order valence-corrected chi connectivity index (χ3v) is 5.60. The van der Waals surface area contributed by atoms with Gasteiger partial charge >= 0.3 is 5.97 Å². The summed E-state index contributed by atoms with van der Waals surface area (Å²) in [5.41, 5.74) is 1.91. The molecule has 3 N–H and O–H groups in total. The highest BCUT2D eigenvalue weighted by molar-refractivity contribution is 9.10. The van der Waals surface area contributed by atoms with Crippen molar-refractivity contribution in [2.45, 2.75) is 11.8 Å². The molecule has 0 saturated heterocycles. The van der Waals surface area contributed by atoms with Crippen LogP contribution in [0.5, 0.6) is 0 Å². The number of H-pyrrole nitrogens is 1. The zero-order valence-corrected chi connectivity index (χ0v) is 16.6. The van der Waals surface area contributed by atoms with Crippen LogP contribution in [-0.2, 0) is 14.8 Å². The number of carbonyl (C=O) groups is 2. The Morgan fingerprint density at radius 1 is 1.19 bits per heavy atom. The van der Waals surface area contributed by atoms with Crippen LogP contribution in [-0.4, -0.2) is 31.8 Å². The molecule has 0 unspecified atom stereocenters. The Morgan fingerprint density at radius 3 is 2.59 bits per heavy atom. The zero-order chi connectivity index (χ0) is 19.8. The lowest BCUT2D eigenvalue weighted by molar-refractivity contribution is 0.0473. The molecule has 0 saturated carbocycles. The fraction of sp³-hybridized carbons (Fsp3) is 0.111. The smallest absolute Gasteiger partial charge is 0.339 e. The van der Waals surface area contributed by atoms with E-state index in [-0.39, 0.29) is 16.2 Å². The Balaban J connectivity index is 1.82. The third kappa shape index (κ3) is 3.95. The fourth-order valence-electron chi connectivity index (χ4n) is 2.75. The van der Waals surface area contributed by atoms with Gasteiger partial charge in [-0.25, -0.2) is 18.4 Å². The molecule has 0 fully saturated rings. The van der Waals surface area contributed by atoms with Crippen molar-refractivity contribution >= 4 is 48.6 Å². The summed E-state index contributed by atoms with van der Waals surface area (Å²) in [5.74, 6) is -1.20. The largest absolute Gasteiger partial charge is 0.454 e. The highest BCUT2D eigenvalue weighted by atomic mass is 79.9. The minimum atomic E-state index is -3.97. The van der Waals surface area contributed by atoms with Crippen LogP contribution < -0.4 is 5.14 Å². The molecule has 0 amide bonds. The van der Waals surface area contributed by atoms with Gasteiger partial charge in [0.05, 0.1) is 10.5 Å². The molecule has 0 aliphatic heterocycles. The maximum Gasteiger partial charge on any atom is 0.339 e. The Bertz CT molecular complexity index is 1170. The van der Waals surface area contributed by atoms with E-state index in [2.05, 4.69) is 20.9 Å². The monoisotopic (exact) mass is 450 g/mol. The molecule has 2 aromatic carbocycles. The summed E-state index contributed by atoms with van der Waals surface area (Å²) in [4.78, 5) is 27.8. The van der Waals surface area contributed by atoms with Crippen molar-refractivity contribution in [2.75, 3.05) is 6.61 Å². The number of carbonyl (C=O) groups excluding carboxylic acids is 2. The van der Waals surface area contributed by atoms with E-state index in [4.69, 9.17) is 9.88 Å². The molecule has 0 atom stereocenters. The second-order valence-corrected chi connectivity index (χ2v) is 8.27. The van der Waals surface area contributed by atoms with Crippen LogP contribution in [0.25, 0.3) is 10.9 Å². The van der Waals surface area contributed by atoms with E-state index < -0.39 is 22.6 Å². The Labute approximate surface area is 163 Å². The lowest BCUT2D eigenvalue weighted by atomic mass is 10.1. The van der Waals surface area contributed by atoms with Gasteiger partial charge in [-0.3, -0.25) is 4.79 Å². The molecule has 0 spiro atoms. The van der Waals surface area contributed by atoms with Gasteiger partial charge in [0.2, 0.25) is 15.8 Å². The van der Waals surface area contributed by atoms with Crippen LogP contribution in [0, 0.1) is 6.92 Å². The number of rotatable bonds is 5. The molecule has 27 heavy (non-hydrogen) atoms. The van der Waals surface area contributed by atoms with Gasteiger partial charge < -0.3 is 9.72 Å². The summed E-state index contributed by atoms with van der Waals surface area (Å²) in [6.45, 7) is 1.29. The molecule has 3 aromatic rings. The number of nitrogens with two attached hydrogens (primary N) is 1.